The number of nitrogens with zero attached hydrogens (tertiary/aromatic N) is 2. The van der Waals surface area contributed by atoms with Gasteiger partial charge in [-0.2, -0.15) is 0 Å². The maximum absolute atomic E-state index is 13.0. The van der Waals surface area contributed by atoms with Crippen molar-refractivity contribution in [1.29, 1.82) is 0 Å². The first kappa shape index (κ1) is 23.9. The van der Waals surface area contributed by atoms with Gasteiger partial charge in [-0.25, -0.2) is 0 Å². The van der Waals surface area contributed by atoms with E-state index in [4.69, 9.17) is 14.2 Å². The number of ether oxygens (including phenoxy) is 3. The van der Waals surface area contributed by atoms with E-state index in [1.165, 1.54) is 5.56 Å². The Labute approximate surface area is 191 Å². The summed E-state index contributed by atoms with van der Waals surface area (Å²) in [6.45, 7) is 8.49. The van der Waals surface area contributed by atoms with Gasteiger partial charge in [-0.3, -0.25) is 9.69 Å². The Morgan fingerprint density at radius 1 is 1.03 bits per heavy atom. The Kier molecular flexibility index (Phi) is 8.76. The van der Waals surface area contributed by atoms with Gasteiger partial charge in [0.15, 0.2) is 11.5 Å². The van der Waals surface area contributed by atoms with Crippen molar-refractivity contribution < 1.29 is 19.0 Å². The number of hydrogen-bond donors (Lipinski definition) is 1. The van der Waals surface area contributed by atoms with Crippen molar-refractivity contribution in [1.82, 2.24) is 10.2 Å². The topological polar surface area (TPSA) is 63.3 Å². The quantitative estimate of drug-likeness (QED) is 0.610. The summed E-state index contributed by atoms with van der Waals surface area (Å²) in [5.41, 5.74) is 2.89. The minimum absolute atomic E-state index is 0.0770. The van der Waals surface area contributed by atoms with Gasteiger partial charge in [0, 0.05) is 45.0 Å². The minimum atomic E-state index is -0.128. The normalized spacial score (nSPS) is 15.1. The molecule has 7 heteroatoms. The smallest absolute Gasteiger partial charge is 0.251 e. The molecule has 1 heterocycles. The maximum atomic E-state index is 13.0. The van der Waals surface area contributed by atoms with Crippen LogP contribution in [0.5, 0.6) is 11.5 Å². The molecule has 3 rings (SSSR count). The largest absolute Gasteiger partial charge is 0.490 e. The second-order valence-corrected chi connectivity index (χ2v) is 7.89. The van der Waals surface area contributed by atoms with E-state index < -0.39 is 0 Å². The van der Waals surface area contributed by atoms with Crippen molar-refractivity contribution in [2.24, 2.45) is 0 Å². The molecule has 1 fully saturated rings. The molecular formula is C25H35N3O4. The lowest BCUT2D eigenvalue weighted by atomic mass is 10.0. The lowest BCUT2D eigenvalue weighted by Crippen LogP contribution is -2.43. The minimum Gasteiger partial charge on any atom is -0.490 e. The fourth-order valence-electron chi connectivity index (χ4n) is 3.83. The van der Waals surface area contributed by atoms with E-state index in [0.717, 1.165) is 18.8 Å². The number of nitrogens with one attached hydrogen (secondary N) is 1. The number of anilines is 1. The molecule has 174 valence electrons. The van der Waals surface area contributed by atoms with E-state index in [1.54, 1.807) is 18.2 Å². The summed E-state index contributed by atoms with van der Waals surface area (Å²) in [5.74, 6) is 1.11. The monoisotopic (exact) mass is 441 g/mol. The molecule has 0 spiro atoms. The summed E-state index contributed by atoms with van der Waals surface area (Å²) in [4.78, 5) is 17.4. The highest BCUT2D eigenvalue weighted by Crippen LogP contribution is 2.29. The molecule has 0 aliphatic carbocycles. The second-order valence-electron chi connectivity index (χ2n) is 7.89. The average Bonchev–Trinajstić information content (AvgIpc) is 2.81. The molecule has 1 aliphatic rings. The van der Waals surface area contributed by atoms with Crippen LogP contribution in [0.3, 0.4) is 0 Å². The highest BCUT2D eigenvalue weighted by atomic mass is 16.5. The highest BCUT2D eigenvalue weighted by molar-refractivity contribution is 5.94. The SMILES string of the molecule is CCOc1ccc(C(=O)NC[C@H](c2ccc(N(C)C)cc2)N2CCOCC2)cc1OCC. The van der Waals surface area contributed by atoms with Crippen LogP contribution in [0.2, 0.25) is 0 Å². The molecule has 1 N–H and O–H groups in total. The van der Waals surface area contributed by atoms with Gasteiger partial charge in [0.25, 0.3) is 5.91 Å². The van der Waals surface area contributed by atoms with Crippen LogP contribution in [0.15, 0.2) is 42.5 Å². The Bertz CT molecular complexity index is 864. The van der Waals surface area contributed by atoms with Crippen molar-refractivity contribution in [3.05, 3.63) is 53.6 Å². The molecule has 0 unspecified atom stereocenters. The van der Waals surface area contributed by atoms with E-state index in [0.29, 0.717) is 50.0 Å². The lowest BCUT2D eigenvalue weighted by molar-refractivity contribution is 0.0162. The molecule has 7 nitrogen and oxygen atoms in total. The summed E-state index contributed by atoms with van der Waals surface area (Å²) >= 11 is 0. The standard InChI is InChI=1S/C25H35N3O4/c1-5-31-23-12-9-20(17-24(23)32-6-2)25(29)26-18-22(28-13-15-30-16-14-28)19-7-10-21(11-8-19)27(3)4/h7-12,17,22H,5-6,13-16,18H2,1-4H3,(H,26,29)/t22-/m1/s1. The van der Waals surface area contributed by atoms with E-state index in [-0.39, 0.29) is 11.9 Å². The molecule has 0 bridgehead atoms. The highest BCUT2D eigenvalue weighted by Gasteiger charge is 2.24. The number of hydrogen-bond acceptors (Lipinski definition) is 6. The van der Waals surface area contributed by atoms with Crippen LogP contribution in [-0.2, 0) is 4.74 Å². The van der Waals surface area contributed by atoms with Gasteiger partial charge in [-0.05, 0) is 49.7 Å². The van der Waals surface area contributed by atoms with Crippen molar-refractivity contribution in [2.45, 2.75) is 19.9 Å². The first-order valence-corrected chi connectivity index (χ1v) is 11.3. The van der Waals surface area contributed by atoms with Gasteiger partial charge in [0.2, 0.25) is 0 Å². The number of morpholine rings is 1. The molecule has 1 amide bonds. The van der Waals surface area contributed by atoms with Crippen LogP contribution in [0.1, 0.15) is 35.8 Å². The Morgan fingerprint density at radius 2 is 1.69 bits per heavy atom. The van der Waals surface area contributed by atoms with Gasteiger partial charge < -0.3 is 24.4 Å². The number of carbonyl (C=O) groups excluding carboxylic acids is 1. The van der Waals surface area contributed by atoms with Crippen LogP contribution >= 0.6 is 0 Å². The molecule has 0 aromatic heterocycles. The van der Waals surface area contributed by atoms with Crippen LogP contribution in [0.25, 0.3) is 0 Å². The van der Waals surface area contributed by atoms with Gasteiger partial charge in [0.05, 0.1) is 32.5 Å². The average molecular weight is 442 g/mol. The predicted octanol–water partition coefficient (Wildman–Crippen LogP) is 3.35. The number of amides is 1. The van der Waals surface area contributed by atoms with E-state index in [2.05, 4.69) is 39.4 Å². The van der Waals surface area contributed by atoms with Crippen molar-refractivity contribution in [3.8, 4) is 11.5 Å². The Morgan fingerprint density at radius 3 is 2.31 bits per heavy atom. The predicted molar refractivity (Wildman–Crippen MR) is 127 cm³/mol. The third-order valence-corrected chi connectivity index (χ3v) is 5.54. The Balaban J connectivity index is 1.75. The lowest BCUT2D eigenvalue weighted by Gasteiger charge is -2.35. The van der Waals surface area contributed by atoms with Crippen LogP contribution in [0.4, 0.5) is 5.69 Å². The maximum Gasteiger partial charge on any atom is 0.251 e. The third kappa shape index (κ3) is 6.14. The first-order valence-electron chi connectivity index (χ1n) is 11.3. The summed E-state index contributed by atoms with van der Waals surface area (Å²) in [7, 11) is 4.06. The first-order chi connectivity index (χ1) is 15.5. The molecule has 2 aromatic carbocycles. The third-order valence-electron chi connectivity index (χ3n) is 5.54. The van der Waals surface area contributed by atoms with Crippen LogP contribution in [-0.4, -0.2) is 71.0 Å². The molecule has 1 aliphatic heterocycles. The number of carbonyl (C=O) groups is 1. The van der Waals surface area contributed by atoms with Crippen LogP contribution in [0, 0.1) is 0 Å². The van der Waals surface area contributed by atoms with Crippen molar-refractivity contribution in [3.63, 3.8) is 0 Å². The van der Waals surface area contributed by atoms with Gasteiger partial charge in [0.1, 0.15) is 0 Å². The molecule has 0 saturated carbocycles. The van der Waals surface area contributed by atoms with Crippen molar-refractivity contribution >= 4 is 11.6 Å². The molecule has 32 heavy (non-hydrogen) atoms. The van der Waals surface area contributed by atoms with E-state index >= 15 is 0 Å². The zero-order chi connectivity index (χ0) is 22.9. The molecule has 2 aromatic rings. The van der Waals surface area contributed by atoms with Gasteiger partial charge >= 0.3 is 0 Å². The molecule has 1 saturated heterocycles. The van der Waals surface area contributed by atoms with Crippen LogP contribution < -0.4 is 19.7 Å². The van der Waals surface area contributed by atoms with E-state index in [9.17, 15) is 4.79 Å². The molecule has 1 atom stereocenters. The zero-order valence-electron chi connectivity index (χ0n) is 19.6. The van der Waals surface area contributed by atoms with Gasteiger partial charge in [-0.15, -0.1) is 0 Å². The molecule has 0 radical (unpaired) electrons. The number of benzene rings is 2. The second kappa shape index (κ2) is 11.7. The number of rotatable bonds is 10. The van der Waals surface area contributed by atoms with Crippen molar-refractivity contribution in [2.75, 3.05) is 65.1 Å². The fraction of sp³-hybridized carbons (Fsp3) is 0.480. The van der Waals surface area contributed by atoms with E-state index in [1.807, 2.05) is 27.9 Å². The summed E-state index contributed by atoms with van der Waals surface area (Å²) in [6.07, 6.45) is 0. The zero-order valence-corrected chi connectivity index (χ0v) is 19.6. The summed E-state index contributed by atoms with van der Waals surface area (Å²) in [5, 5.41) is 3.12. The molecular weight excluding hydrogens is 406 g/mol. The fourth-order valence-corrected chi connectivity index (χ4v) is 3.83. The Hall–Kier alpha value is -2.77. The summed E-state index contributed by atoms with van der Waals surface area (Å²) in [6, 6.07) is 13.9. The summed E-state index contributed by atoms with van der Waals surface area (Å²) < 4.78 is 16.8. The van der Waals surface area contributed by atoms with Gasteiger partial charge in [-0.1, -0.05) is 12.1 Å².